The van der Waals surface area contributed by atoms with Gasteiger partial charge >= 0.3 is 0 Å². The molecule has 1 fully saturated rings. The molecule has 0 spiro atoms. The van der Waals surface area contributed by atoms with Gasteiger partial charge in [-0.2, -0.15) is 0 Å². The van der Waals surface area contributed by atoms with Crippen LogP contribution < -0.4 is 11.1 Å². The fourth-order valence-corrected chi connectivity index (χ4v) is 3.15. The second-order valence-corrected chi connectivity index (χ2v) is 6.43. The Kier molecular flexibility index (Phi) is 5.67. The zero-order chi connectivity index (χ0) is 16.3. The molecule has 22 heavy (non-hydrogen) atoms. The lowest BCUT2D eigenvalue weighted by atomic mass is 9.96. The van der Waals surface area contributed by atoms with Gasteiger partial charge in [-0.1, -0.05) is 23.2 Å². The molecule has 1 aliphatic heterocycles. The molecule has 1 saturated heterocycles. The number of carbonyl (C=O) groups excluding carboxylic acids is 2. The van der Waals surface area contributed by atoms with Crippen LogP contribution in [0.5, 0.6) is 0 Å². The van der Waals surface area contributed by atoms with Crippen LogP contribution in [0.15, 0.2) is 18.2 Å². The van der Waals surface area contributed by atoms with Gasteiger partial charge in [0.2, 0.25) is 11.8 Å². The molecule has 1 heterocycles. The van der Waals surface area contributed by atoms with Crippen LogP contribution in [-0.4, -0.2) is 35.8 Å². The number of hydrogen-bond acceptors (Lipinski definition) is 3. The van der Waals surface area contributed by atoms with Gasteiger partial charge in [-0.25, -0.2) is 0 Å². The molecule has 120 valence electrons. The highest BCUT2D eigenvalue weighted by Crippen LogP contribution is 2.23. The van der Waals surface area contributed by atoms with Crippen molar-refractivity contribution in [1.82, 2.24) is 4.90 Å². The first-order valence-corrected chi connectivity index (χ1v) is 7.92. The van der Waals surface area contributed by atoms with E-state index in [0.29, 0.717) is 22.3 Å². The van der Waals surface area contributed by atoms with Gasteiger partial charge < -0.3 is 11.1 Å². The maximum absolute atomic E-state index is 12.4. The molecular weight excluding hydrogens is 325 g/mol. The summed E-state index contributed by atoms with van der Waals surface area (Å²) in [5, 5.41) is 3.72. The van der Waals surface area contributed by atoms with E-state index in [-0.39, 0.29) is 23.8 Å². The van der Waals surface area contributed by atoms with Crippen LogP contribution in [-0.2, 0) is 9.59 Å². The number of amides is 2. The summed E-state index contributed by atoms with van der Waals surface area (Å²) in [5.41, 5.74) is 5.92. The zero-order valence-corrected chi connectivity index (χ0v) is 13.8. The number of likely N-dealkylation sites (tertiary alicyclic amines) is 1. The van der Waals surface area contributed by atoms with Gasteiger partial charge in [0.05, 0.1) is 12.0 Å². The quantitative estimate of drug-likeness (QED) is 0.881. The predicted molar refractivity (Wildman–Crippen MR) is 88.0 cm³/mol. The van der Waals surface area contributed by atoms with E-state index >= 15 is 0 Å². The first-order valence-electron chi connectivity index (χ1n) is 7.17. The van der Waals surface area contributed by atoms with Gasteiger partial charge in [0, 0.05) is 22.3 Å². The largest absolute Gasteiger partial charge is 0.369 e. The summed E-state index contributed by atoms with van der Waals surface area (Å²) < 4.78 is 0. The first-order chi connectivity index (χ1) is 10.4. The Hall–Kier alpha value is -1.30. The third-order valence-electron chi connectivity index (χ3n) is 3.91. The van der Waals surface area contributed by atoms with Crippen molar-refractivity contribution >= 4 is 40.7 Å². The van der Waals surface area contributed by atoms with Crippen molar-refractivity contribution in [3.63, 3.8) is 0 Å². The summed E-state index contributed by atoms with van der Waals surface area (Å²) in [6.45, 7) is 3.10. The summed E-state index contributed by atoms with van der Waals surface area (Å²) in [5.74, 6) is -0.660. The normalized spacial score (nSPS) is 20.4. The smallest absolute Gasteiger partial charge is 0.241 e. The Morgan fingerprint density at radius 1 is 1.32 bits per heavy atom. The molecule has 1 aromatic rings. The Balaban J connectivity index is 2.00. The molecule has 0 bridgehead atoms. The number of primary amides is 1. The van der Waals surface area contributed by atoms with Gasteiger partial charge in [0.25, 0.3) is 0 Å². The third-order valence-corrected chi connectivity index (χ3v) is 4.35. The summed E-state index contributed by atoms with van der Waals surface area (Å²) in [6.07, 6.45) is 1.64. The summed E-state index contributed by atoms with van der Waals surface area (Å²) in [4.78, 5) is 25.7. The van der Waals surface area contributed by atoms with E-state index in [4.69, 9.17) is 28.9 Å². The van der Waals surface area contributed by atoms with Crippen LogP contribution in [0.3, 0.4) is 0 Å². The molecule has 1 aliphatic rings. The first kappa shape index (κ1) is 17.1. The lowest BCUT2D eigenvalue weighted by molar-refractivity contribution is -0.127. The van der Waals surface area contributed by atoms with E-state index in [9.17, 15) is 9.59 Å². The highest BCUT2D eigenvalue weighted by Gasteiger charge is 2.29. The second kappa shape index (κ2) is 7.31. The summed E-state index contributed by atoms with van der Waals surface area (Å²) >= 11 is 11.8. The number of halogens is 2. The highest BCUT2D eigenvalue weighted by molar-refractivity contribution is 6.35. The molecule has 7 heteroatoms. The number of nitrogens with two attached hydrogens (primary N) is 1. The van der Waals surface area contributed by atoms with Gasteiger partial charge in [0.1, 0.15) is 0 Å². The molecule has 1 aromatic carbocycles. The number of piperidine rings is 1. The maximum atomic E-state index is 12.4. The van der Waals surface area contributed by atoms with Crippen LogP contribution in [0.4, 0.5) is 5.69 Å². The number of hydrogen-bond donors (Lipinski definition) is 2. The van der Waals surface area contributed by atoms with Gasteiger partial charge in [-0.3, -0.25) is 14.5 Å². The maximum Gasteiger partial charge on any atom is 0.241 e. The van der Waals surface area contributed by atoms with Gasteiger partial charge in [-0.15, -0.1) is 0 Å². The lowest BCUT2D eigenvalue weighted by Crippen LogP contribution is -2.49. The topological polar surface area (TPSA) is 75.4 Å². The number of benzene rings is 1. The monoisotopic (exact) mass is 343 g/mol. The number of rotatable bonds is 4. The van der Waals surface area contributed by atoms with Gasteiger partial charge in [-0.05, 0) is 44.5 Å². The van der Waals surface area contributed by atoms with Crippen LogP contribution in [0.1, 0.15) is 19.8 Å². The number of carbonyl (C=O) groups is 2. The van der Waals surface area contributed by atoms with Crippen molar-refractivity contribution < 1.29 is 9.59 Å². The van der Waals surface area contributed by atoms with Crippen molar-refractivity contribution in [3.05, 3.63) is 28.2 Å². The second-order valence-electron chi connectivity index (χ2n) is 5.56. The van der Waals surface area contributed by atoms with E-state index in [1.165, 1.54) is 0 Å². The fraction of sp³-hybridized carbons (Fsp3) is 0.467. The van der Waals surface area contributed by atoms with Crippen LogP contribution in [0, 0.1) is 5.92 Å². The van der Waals surface area contributed by atoms with Gasteiger partial charge in [0.15, 0.2) is 0 Å². The van der Waals surface area contributed by atoms with Crippen LogP contribution in [0.25, 0.3) is 0 Å². The van der Waals surface area contributed by atoms with E-state index in [1.54, 1.807) is 18.2 Å². The minimum Gasteiger partial charge on any atom is -0.369 e. The molecule has 0 saturated carbocycles. The van der Waals surface area contributed by atoms with E-state index in [1.807, 2.05) is 11.8 Å². The Morgan fingerprint density at radius 2 is 1.95 bits per heavy atom. The molecule has 5 nitrogen and oxygen atoms in total. The van der Waals surface area contributed by atoms with Crippen molar-refractivity contribution in [2.45, 2.75) is 25.8 Å². The molecule has 0 unspecified atom stereocenters. The van der Waals surface area contributed by atoms with E-state index < -0.39 is 0 Å². The molecule has 0 aromatic heterocycles. The molecule has 0 aliphatic carbocycles. The predicted octanol–water partition coefficient (Wildman–Crippen LogP) is 2.52. The summed E-state index contributed by atoms with van der Waals surface area (Å²) in [6, 6.07) is 4.52. The number of anilines is 1. The van der Waals surface area contributed by atoms with E-state index in [0.717, 1.165) is 19.4 Å². The number of nitrogens with one attached hydrogen (secondary N) is 1. The van der Waals surface area contributed by atoms with E-state index in [2.05, 4.69) is 5.32 Å². The zero-order valence-electron chi connectivity index (χ0n) is 12.3. The summed E-state index contributed by atoms with van der Waals surface area (Å²) in [7, 11) is 0. The average molecular weight is 344 g/mol. The molecule has 0 radical (unpaired) electrons. The standard InChI is InChI=1S/C15H19Cl2N3O2/c1-9(20-4-2-3-10(8-20)14(18)21)15(22)19-13-6-11(16)5-12(17)7-13/h5-7,9-10H,2-4,8H2,1H3,(H2,18,21)(H,19,22)/t9-,10-/m1/s1. The van der Waals surface area contributed by atoms with Crippen molar-refractivity contribution in [1.29, 1.82) is 0 Å². The van der Waals surface area contributed by atoms with Crippen molar-refractivity contribution in [2.75, 3.05) is 18.4 Å². The lowest BCUT2D eigenvalue weighted by Gasteiger charge is -2.34. The number of nitrogens with zero attached hydrogens (tertiary/aromatic N) is 1. The molecule has 3 N–H and O–H groups in total. The minimum absolute atomic E-state index is 0.163. The Morgan fingerprint density at radius 3 is 2.55 bits per heavy atom. The third kappa shape index (κ3) is 4.35. The SMILES string of the molecule is C[C@H](C(=O)Nc1cc(Cl)cc(Cl)c1)N1CCC[C@@H](C(N)=O)C1. The average Bonchev–Trinajstić information content (AvgIpc) is 2.45. The van der Waals surface area contributed by atoms with Crippen LogP contribution in [0.2, 0.25) is 10.0 Å². The van der Waals surface area contributed by atoms with Crippen molar-refractivity contribution in [3.8, 4) is 0 Å². The molecule has 2 atom stereocenters. The minimum atomic E-state index is -0.361. The fourth-order valence-electron chi connectivity index (χ4n) is 2.63. The Bertz CT molecular complexity index is 560. The molecular formula is C15H19Cl2N3O2. The van der Waals surface area contributed by atoms with Crippen molar-refractivity contribution in [2.24, 2.45) is 11.7 Å². The highest BCUT2D eigenvalue weighted by atomic mass is 35.5. The Labute approximate surface area is 139 Å². The van der Waals surface area contributed by atoms with Crippen LogP contribution >= 0.6 is 23.2 Å². The molecule has 2 amide bonds. The molecule has 2 rings (SSSR count).